The van der Waals surface area contributed by atoms with Crippen molar-refractivity contribution in [3.05, 3.63) is 53.6 Å². The number of hydrogen-bond acceptors (Lipinski definition) is 4. The van der Waals surface area contributed by atoms with Gasteiger partial charge in [-0.2, -0.15) is 13.2 Å². The Hall–Kier alpha value is -2.75. The molecule has 0 aliphatic carbocycles. The molecule has 1 aliphatic rings. The maximum Gasteiger partial charge on any atom is 0.416 e. The summed E-state index contributed by atoms with van der Waals surface area (Å²) in [7, 11) is -3.54. The molecule has 1 aliphatic heterocycles. The van der Waals surface area contributed by atoms with Crippen molar-refractivity contribution < 1.29 is 26.4 Å². The van der Waals surface area contributed by atoms with E-state index in [1.807, 2.05) is 4.90 Å². The van der Waals surface area contributed by atoms with Crippen molar-refractivity contribution in [2.45, 2.75) is 32.4 Å². The fraction of sp³-hybridized carbons (Fsp3) is 0.381. The molecule has 0 radical (unpaired) electrons. The van der Waals surface area contributed by atoms with Crippen LogP contribution in [0.15, 0.2) is 42.5 Å². The van der Waals surface area contributed by atoms with E-state index in [-0.39, 0.29) is 22.7 Å². The van der Waals surface area contributed by atoms with Crippen molar-refractivity contribution in [3.63, 3.8) is 0 Å². The van der Waals surface area contributed by atoms with Crippen LogP contribution >= 0.6 is 0 Å². The number of halogens is 3. The Morgan fingerprint density at radius 1 is 1.10 bits per heavy atom. The van der Waals surface area contributed by atoms with Gasteiger partial charge in [-0.3, -0.25) is 9.52 Å². The highest BCUT2D eigenvalue weighted by molar-refractivity contribution is 7.92. The molecule has 0 atom stereocenters. The first-order valence-electron chi connectivity index (χ1n) is 9.97. The average Bonchev–Trinajstić information content (AvgIpc) is 3.21. The Morgan fingerprint density at radius 3 is 2.45 bits per heavy atom. The van der Waals surface area contributed by atoms with E-state index >= 15 is 0 Å². The number of rotatable bonds is 7. The molecule has 0 bridgehead atoms. The molecule has 0 aromatic heterocycles. The van der Waals surface area contributed by atoms with E-state index in [4.69, 9.17) is 0 Å². The molecule has 1 saturated heterocycles. The van der Waals surface area contributed by atoms with Gasteiger partial charge >= 0.3 is 6.18 Å². The second-order valence-electron chi connectivity index (χ2n) is 7.38. The zero-order chi connectivity index (χ0) is 22.6. The molecule has 0 saturated carbocycles. The zero-order valence-corrected chi connectivity index (χ0v) is 17.8. The van der Waals surface area contributed by atoms with Gasteiger partial charge in [0.05, 0.1) is 22.7 Å². The van der Waals surface area contributed by atoms with Gasteiger partial charge in [-0.15, -0.1) is 0 Å². The van der Waals surface area contributed by atoms with Crippen LogP contribution in [0.2, 0.25) is 0 Å². The predicted octanol–water partition coefficient (Wildman–Crippen LogP) is 4.71. The number of sulfonamides is 1. The first kappa shape index (κ1) is 22.9. The highest BCUT2D eigenvalue weighted by Gasteiger charge is 2.32. The van der Waals surface area contributed by atoms with Crippen LogP contribution in [0.5, 0.6) is 0 Å². The third kappa shape index (κ3) is 5.90. The highest BCUT2D eigenvalue weighted by atomic mass is 32.2. The summed E-state index contributed by atoms with van der Waals surface area (Å²) in [5, 5.41) is 2.57. The lowest BCUT2D eigenvalue weighted by Crippen LogP contribution is -2.22. The second-order valence-corrected chi connectivity index (χ2v) is 9.22. The molecule has 2 aromatic carbocycles. The van der Waals surface area contributed by atoms with Crippen molar-refractivity contribution in [2.75, 3.05) is 33.8 Å². The molecule has 0 spiro atoms. The van der Waals surface area contributed by atoms with Crippen LogP contribution < -0.4 is 14.9 Å². The summed E-state index contributed by atoms with van der Waals surface area (Å²) in [6, 6.07) is 9.14. The van der Waals surface area contributed by atoms with Gasteiger partial charge in [-0.1, -0.05) is 13.0 Å². The predicted molar refractivity (Wildman–Crippen MR) is 115 cm³/mol. The topological polar surface area (TPSA) is 78.5 Å². The Morgan fingerprint density at radius 2 is 1.81 bits per heavy atom. The van der Waals surface area contributed by atoms with E-state index in [0.717, 1.165) is 25.0 Å². The number of nitrogens with zero attached hydrogens (tertiary/aromatic N) is 1. The van der Waals surface area contributed by atoms with Gasteiger partial charge < -0.3 is 10.2 Å². The highest BCUT2D eigenvalue weighted by Crippen LogP contribution is 2.36. The van der Waals surface area contributed by atoms with Crippen molar-refractivity contribution in [2.24, 2.45) is 0 Å². The first-order chi connectivity index (χ1) is 14.6. The fourth-order valence-corrected chi connectivity index (χ4v) is 4.59. The molecule has 2 aromatic rings. The van der Waals surface area contributed by atoms with Crippen molar-refractivity contribution in [1.82, 2.24) is 0 Å². The minimum absolute atomic E-state index is 0.0626. The number of carbonyl (C=O) groups excluding carboxylic acids is 1. The van der Waals surface area contributed by atoms with Crippen LogP contribution in [-0.2, 0) is 16.2 Å². The molecule has 1 amide bonds. The summed E-state index contributed by atoms with van der Waals surface area (Å²) >= 11 is 0. The summed E-state index contributed by atoms with van der Waals surface area (Å²) in [5.74, 6) is -0.691. The molecule has 1 heterocycles. The van der Waals surface area contributed by atoms with E-state index in [2.05, 4.69) is 10.0 Å². The van der Waals surface area contributed by atoms with Crippen LogP contribution in [0.1, 0.15) is 42.1 Å². The van der Waals surface area contributed by atoms with E-state index < -0.39 is 27.7 Å². The Bertz CT molecular complexity index is 1050. The van der Waals surface area contributed by atoms with E-state index in [9.17, 15) is 26.4 Å². The number of anilines is 3. The molecule has 1 fully saturated rings. The first-order valence-corrected chi connectivity index (χ1v) is 11.6. The van der Waals surface area contributed by atoms with Crippen LogP contribution in [0, 0.1) is 0 Å². The number of hydrogen-bond donors (Lipinski definition) is 2. The molecule has 31 heavy (non-hydrogen) atoms. The molecule has 3 rings (SSSR count). The normalized spacial score (nSPS) is 14.5. The Labute approximate surface area is 179 Å². The standard InChI is InChI=1S/C21H24F3N3O3S/c1-2-12-31(29,30)26-17-7-5-6-15(13-17)20(28)25-18-14-16(21(22,23)24)8-9-19(18)27-10-3-4-11-27/h5-9,13-14,26H,2-4,10-12H2,1H3,(H,25,28). The minimum Gasteiger partial charge on any atom is -0.370 e. The molecule has 10 heteroatoms. The van der Waals surface area contributed by atoms with E-state index in [1.165, 1.54) is 30.3 Å². The molecule has 2 N–H and O–H groups in total. The maximum absolute atomic E-state index is 13.2. The van der Waals surface area contributed by atoms with E-state index in [0.29, 0.717) is 25.2 Å². The van der Waals surface area contributed by atoms with Crippen LogP contribution in [0.25, 0.3) is 0 Å². The monoisotopic (exact) mass is 455 g/mol. The van der Waals surface area contributed by atoms with Crippen molar-refractivity contribution >= 4 is 33.0 Å². The number of nitrogens with one attached hydrogen (secondary N) is 2. The smallest absolute Gasteiger partial charge is 0.370 e. The van der Waals surface area contributed by atoms with Gasteiger partial charge in [0.15, 0.2) is 0 Å². The Balaban J connectivity index is 1.88. The quantitative estimate of drug-likeness (QED) is 0.634. The lowest BCUT2D eigenvalue weighted by molar-refractivity contribution is -0.137. The SMILES string of the molecule is CCCS(=O)(=O)Nc1cccc(C(=O)Nc2cc(C(F)(F)F)ccc2N2CCCC2)c1. The third-order valence-electron chi connectivity index (χ3n) is 4.89. The summed E-state index contributed by atoms with van der Waals surface area (Å²) < 4.78 is 66.0. The number of amides is 1. The van der Waals surface area contributed by atoms with Gasteiger partial charge in [0.25, 0.3) is 5.91 Å². The lowest BCUT2D eigenvalue weighted by atomic mass is 10.1. The number of benzene rings is 2. The van der Waals surface area contributed by atoms with Gasteiger partial charge in [0.2, 0.25) is 10.0 Å². The van der Waals surface area contributed by atoms with Gasteiger partial charge in [-0.05, 0) is 55.7 Å². The molecule has 6 nitrogen and oxygen atoms in total. The molecule has 168 valence electrons. The van der Waals surface area contributed by atoms with Crippen LogP contribution in [0.3, 0.4) is 0 Å². The average molecular weight is 456 g/mol. The number of alkyl halides is 3. The third-order valence-corrected chi connectivity index (χ3v) is 6.38. The molecule has 0 unspecified atom stereocenters. The largest absolute Gasteiger partial charge is 0.416 e. The summed E-state index contributed by atoms with van der Waals surface area (Å²) in [6.07, 6.45) is -2.26. The van der Waals surface area contributed by atoms with Crippen molar-refractivity contribution in [1.29, 1.82) is 0 Å². The lowest BCUT2D eigenvalue weighted by Gasteiger charge is -2.23. The maximum atomic E-state index is 13.2. The Kier molecular flexibility index (Phi) is 6.78. The summed E-state index contributed by atoms with van der Waals surface area (Å²) in [4.78, 5) is 14.7. The zero-order valence-electron chi connectivity index (χ0n) is 17.0. The number of carbonyl (C=O) groups is 1. The minimum atomic E-state index is -4.54. The summed E-state index contributed by atoms with van der Waals surface area (Å²) in [6.45, 7) is 3.13. The van der Waals surface area contributed by atoms with Gasteiger partial charge in [0, 0.05) is 24.3 Å². The van der Waals surface area contributed by atoms with Gasteiger partial charge in [-0.25, -0.2) is 8.42 Å². The van der Waals surface area contributed by atoms with Gasteiger partial charge in [0.1, 0.15) is 0 Å². The van der Waals surface area contributed by atoms with Crippen LogP contribution in [0.4, 0.5) is 30.2 Å². The molecular weight excluding hydrogens is 431 g/mol. The second kappa shape index (κ2) is 9.17. The van der Waals surface area contributed by atoms with Crippen molar-refractivity contribution in [3.8, 4) is 0 Å². The van der Waals surface area contributed by atoms with Crippen LogP contribution in [-0.4, -0.2) is 33.2 Å². The molecular formula is C21H24F3N3O3S. The van der Waals surface area contributed by atoms with E-state index in [1.54, 1.807) is 6.92 Å². The summed E-state index contributed by atoms with van der Waals surface area (Å²) in [5.41, 5.74) is 0.0792. The fourth-order valence-electron chi connectivity index (χ4n) is 3.46.